The summed E-state index contributed by atoms with van der Waals surface area (Å²) in [6.45, 7) is 1.76. The van der Waals surface area contributed by atoms with Crippen molar-refractivity contribution >= 4 is 17.4 Å². The summed E-state index contributed by atoms with van der Waals surface area (Å²) in [5, 5.41) is 5.89. The zero-order valence-electron chi connectivity index (χ0n) is 19.1. The van der Waals surface area contributed by atoms with Gasteiger partial charge in [-0.05, 0) is 67.1 Å². The van der Waals surface area contributed by atoms with Gasteiger partial charge in [0.15, 0.2) is 0 Å². The van der Waals surface area contributed by atoms with E-state index in [9.17, 15) is 13.6 Å². The van der Waals surface area contributed by atoms with E-state index in [1.54, 1.807) is 50.6 Å². The van der Waals surface area contributed by atoms with Crippen LogP contribution >= 0.6 is 0 Å². The molecule has 0 atom stereocenters. The topological polar surface area (TPSA) is 72.5 Å². The molecule has 4 aromatic rings. The third-order valence-electron chi connectivity index (χ3n) is 5.23. The lowest BCUT2D eigenvalue weighted by Gasteiger charge is -2.14. The van der Waals surface area contributed by atoms with Crippen molar-refractivity contribution < 1.29 is 23.0 Å². The SMILES string of the molecule is COc1ccc(Nc2cc(Oc3cccc(C(=O)NCc4cc(F)cc(F)c4)c3C)ccn2)cc1. The summed E-state index contributed by atoms with van der Waals surface area (Å²) < 4.78 is 38.0. The van der Waals surface area contributed by atoms with Crippen LogP contribution in [-0.4, -0.2) is 18.0 Å². The number of methoxy groups -OCH3 is 1. The lowest BCUT2D eigenvalue weighted by atomic mass is 10.1. The Kier molecular flexibility index (Phi) is 7.21. The molecule has 3 aromatic carbocycles. The van der Waals surface area contributed by atoms with E-state index in [4.69, 9.17) is 9.47 Å². The molecule has 178 valence electrons. The van der Waals surface area contributed by atoms with Gasteiger partial charge in [0.1, 0.15) is 34.7 Å². The van der Waals surface area contributed by atoms with Gasteiger partial charge in [-0.1, -0.05) is 6.07 Å². The minimum absolute atomic E-state index is 0.0111. The molecular weight excluding hydrogens is 452 g/mol. The first kappa shape index (κ1) is 23.7. The molecule has 0 spiro atoms. The Bertz CT molecular complexity index is 1320. The fourth-order valence-electron chi connectivity index (χ4n) is 3.45. The summed E-state index contributed by atoms with van der Waals surface area (Å²) in [5.74, 6) is 0.597. The van der Waals surface area contributed by atoms with Crippen molar-refractivity contribution in [2.75, 3.05) is 12.4 Å². The van der Waals surface area contributed by atoms with Crippen LogP contribution < -0.4 is 20.1 Å². The second-order valence-corrected chi connectivity index (χ2v) is 7.72. The Labute approximate surface area is 201 Å². The molecular formula is C27H23F2N3O3. The van der Waals surface area contributed by atoms with Crippen molar-refractivity contribution in [3.8, 4) is 17.2 Å². The quantitative estimate of drug-likeness (QED) is 0.320. The minimum atomic E-state index is -0.695. The second-order valence-electron chi connectivity index (χ2n) is 7.72. The van der Waals surface area contributed by atoms with Crippen molar-refractivity contribution in [3.05, 3.63) is 107 Å². The zero-order chi connectivity index (χ0) is 24.8. The van der Waals surface area contributed by atoms with E-state index in [0.717, 1.165) is 17.5 Å². The first-order chi connectivity index (χ1) is 16.9. The first-order valence-corrected chi connectivity index (χ1v) is 10.8. The number of carbonyl (C=O) groups excluding carboxylic acids is 1. The van der Waals surface area contributed by atoms with Crippen LogP contribution in [-0.2, 0) is 6.54 Å². The van der Waals surface area contributed by atoms with Crippen molar-refractivity contribution in [3.63, 3.8) is 0 Å². The average Bonchev–Trinajstić information content (AvgIpc) is 2.84. The van der Waals surface area contributed by atoms with Crippen LogP contribution in [0.25, 0.3) is 0 Å². The van der Waals surface area contributed by atoms with Crippen LogP contribution in [0.1, 0.15) is 21.5 Å². The monoisotopic (exact) mass is 475 g/mol. The van der Waals surface area contributed by atoms with E-state index in [0.29, 0.717) is 34.0 Å². The Balaban J connectivity index is 1.45. The third-order valence-corrected chi connectivity index (χ3v) is 5.23. The van der Waals surface area contributed by atoms with Crippen LogP contribution in [0.4, 0.5) is 20.3 Å². The Morgan fingerprint density at radius 2 is 1.69 bits per heavy atom. The van der Waals surface area contributed by atoms with Gasteiger partial charge in [-0.3, -0.25) is 4.79 Å². The molecule has 1 heterocycles. The minimum Gasteiger partial charge on any atom is -0.497 e. The molecule has 0 fully saturated rings. The number of carbonyl (C=O) groups is 1. The fourth-order valence-corrected chi connectivity index (χ4v) is 3.45. The van der Waals surface area contributed by atoms with Crippen molar-refractivity contribution in [2.45, 2.75) is 13.5 Å². The standard InChI is InChI=1S/C27H23F2N3O3/c1-17-24(27(33)31-16-18-12-19(28)14-20(29)13-18)4-3-5-25(17)35-23-10-11-30-26(15-23)32-21-6-8-22(34-2)9-7-21/h3-15H,16H2,1-2H3,(H,30,32)(H,31,33). The lowest BCUT2D eigenvalue weighted by Crippen LogP contribution is -2.23. The molecule has 0 radical (unpaired) electrons. The smallest absolute Gasteiger partial charge is 0.251 e. The molecule has 2 N–H and O–H groups in total. The summed E-state index contributed by atoms with van der Waals surface area (Å²) in [6.07, 6.45) is 1.62. The van der Waals surface area contributed by atoms with Crippen molar-refractivity contribution in [1.29, 1.82) is 0 Å². The number of ether oxygens (including phenoxy) is 2. The summed E-state index contributed by atoms with van der Waals surface area (Å²) in [5.41, 5.74) is 2.18. The molecule has 0 saturated carbocycles. The summed E-state index contributed by atoms with van der Waals surface area (Å²) in [6, 6.07) is 19.1. The normalized spacial score (nSPS) is 10.5. The van der Waals surface area contributed by atoms with E-state index in [1.165, 1.54) is 12.1 Å². The Morgan fingerprint density at radius 3 is 2.40 bits per heavy atom. The average molecular weight is 475 g/mol. The molecule has 0 bridgehead atoms. The van der Waals surface area contributed by atoms with Crippen LogP contribution in [0.3, 0.4) is 0 Å². The van der Waals surface area contributed by atoms with Crippen LogP contribution in [0.15, 0.2) is 79.0 Å². The zero-order valence-corrected chi connectivity index (χ0v) is 19.1. The van der Waals surface area contributed by atoms with Crippen LogP contribution in [0.2, 0.25) is 0 Å². The van der Waals surface area contributed by atoms with Crippen molar-refractivity contribution in [2.24, 2.45) is 0 Å². The fraction of sp³-hybridized carbons (Fsp3) is 0.111. The third kappa shape index (κ3) is 6.11. The highest BCUT2D eigenvalue weighted by molar-refractivity contribution is 5.96. The molecule has 35 heavy (non-hydrogen) atoms. The maximum absolute atomic E-state index is 13.4. The molecule has 0 aliphatic heterocycles. The number of aromatic nitrogens is 1. The molecule has 0 aliphatic rings. The summed E-state index contributed by atoms with van der Waals surface area (Å²) in [4.78, 5) is 17.0. The predicted molar refractivity (Wildman–Crippen MR) is 129 cm³/mol. The van der Waals surface area contributed by atoms with Gasteiger partial charge in [0, 0.05) is 41.7 Å². The van der Waals surface area contributed by atoms with Gasteiger partial charge in [-0.25, -0.2) is 13.8 Å². The number of nitrogens with zero attached hydrogens (tertiary/aromatic N) is 1. The molecule has 0 aliphatic carbocycles. The van der Waals surface area contributed by atoms with Crippen molar-refractivity contribution in [1.82, 2.24) is 10.3 Å². The van der Waals surface area contributed by atoms with Gasteiger partial charge in [-0.2, -0.15) is 0 Å². The molecule has 6 nitrogen and oxygen atoms in total. The summed E-state index contributed by atoms with van der Waals surface area (Å²) >= 11 is 0. The molecule has 1 amide bonds. The van der Waals surface area contributed by atoms with Gasteiger partial charge in [0.05, 0.1) is 7.11 Å². The number of amides is 1. The highest BCUT2D eigenvalue weighted by atomic mass is 19.1. The number of halogens is 2. The van der Waals surface area contributed by atoms with Gasteiger partial charge < -0.3 is 20.1 Å². The second kappa shape index (κ2) is 10.6. The molecule has 1 aromatic heterocycles. The Hall–Kier alpha value is -4.46. The van der Waals surface area contributed by atoms with Gasteiger partial charge in [-0.15, -0.1) is 0 Å². The maximum atomic E-state index is 13.4. The highest BCUT2D eigenvalue weighted by Crippen LogP contribution is 2.29. The molecule has 8 heteroatoms. The Morgan fingerprint density at radius 1 is 0.943 bits per heavy atom. The first-order valence-electron chi connectivity index (χ1n) is 10.8. The summed E-state index contributed by atoms with van der Waals surface area (Å²) in [7, 11) is 1.61. The number of nitrogens with one attached hydrogen (secondary N) is 2. The number of anilines is 2. The molecule has 0 saturated heterocycles. The largest absolute Gasteiger partial charge is 0.497 e. The number of hydrogen-bond acceptors (Lipinski definition) is 5. The number of rotatable bonds is 8. The van der Waals surface area contributed by atoms with E-state index in [1.807, 2.05) is 24.3 Å². The van der Waals surface area contributed by atoms with Gasteiger partial charge in [0.25, 0.3) is 5.91 Å². The van der Waals surface area contributed by atoms with Crippen LogP contribution in [0, 0.1) is 18.6 Å². The number of hydrogen-bond donors (Lipinski definition) is 2. The molecule has 4 rings (SSSR count). The van der Waals surface area contributed by atoms with E-state index in [-0.39, 0.29) is 12.5 Å². The lowest BCUT2D eigenvalue weighted by molar-refractivity contribution is 0.0950. The van der Waals surface area contributed by atoms with E-state index >= 15 is 0 Å². The highest BCUT2D eigenvalue weighted by Gasteiger charge is 2.14. The molecule has 0 unspecified atom stereocenters. The number of benzene rings is 3. The maximum Gasteiger partial charge on any atom is 0.251 e. The van der Waals surface area contributed by atoms with E-state index in [2.05, 4.69) is 15.6 Å². The predicted octanol–water partition coefficient (Wildman–Crippen LogP) is 6.14. The van der Waals surface area contributed by atoms with Crippen LogP contribution in [0.5, 0.6) is 17.2 Å². The van der Waals surface area contributed by atoms with Gasteiger partial charge in [0.2, 0.25) is 0 Å². The number of pyridine rings is 1. The van der Waals surface area contributed by atoms with Gasteiger partial charge >= 0.3 is 0 Å². The van der Waals surface area contributed by atoms with E-state index < -0.39 is 11.6 Å².